The smallest absolute Gasteiger partial charge is 0.376 e. The van der Waals surface area contributed by atoms with Crippen LogP contribution in [-0.4, -0.2) is 21.4 Å². The minimum atomic E-state index is -1.16. The maximum absolute atomic E-state index is 9.89. The standard InChI is InChI=1S/C3H2N2O3.ClH/c6-3(7)2-1-4-5-8-2;/h1H,(H,6,7);1H. The van der Waals surface area contributed by atoms with Gasteiger partial charge in [-0.25, -0.2) is 4.79 Å². The highest BCUT2D eigenvalue weighted by molar-refractivity contribution is 5.85. The zero-order valence-corrected chi connectivity index (χ0v) is 4.96. The minimum absolute atomic E-state index is 0. The quantitative estimate of drug-likeness (QED) is 0.619. The van der Waals surface area contributed by atoms with Crippen molar-refractivity contribution in [2.75, 3.05) is 0 Å². The fourth-order valence-electron chi connectivity index (χ4n) is 0.261. The molecule has 0 aliphatic heterocycles. The van der Waals surface area contributed by atoms with Crippen LogP contribution in [0.2, 0.25) is 0 Å². The molecule has 1 aromatic rings. The summed E-state index contributed by atoms with van der Waals surface area (Å²) in [5.41, 5.74) is 0. The number of aromatic carboxylic acids is 1. The van der Waals surface area contributed by atoms with E-state index in [4.69, 9.17) is 5.11 Å². The Morgan fingerprint density at radius 3 is 2.67 bits per heavy atom. The van der Waals surface area contributed by atoms with Crippen molar-refractivity contribution in [3.05, 3.63) is 12.0 Å². The molecule has 1 aromatic heterocycles. The molecule has 1 rings (SSSR count). The third-order valence-electron chi connectivity index (χ3n) is 0.572. The molecule has 0 spiro atoms. The Morgan fingerprint density at radius 1 is 1.78 bits per heavy atom. The molecule has 0 fully saturated rings. The van der Waals surface area contributed by atoms with Gasteiger partial charge >= 0.3 is 5.97 Å². The topological polar surface area (TPSA) is 76.2 Å². The summed E-state index contributed by atoms with van der Waals surface area (Å²) in [7, 11) is 0. The van der Waals surface area contributed by atoms with E-state index in [2.05, 4.69) is 14.9 Å². The highest BCUT2D eigenvalue weighted by Crippen LogP contribution is 1.90. The summed E-state index contributed by atoms with van der Waals surface area (Å²) in [4.78, 5) is 9.89. The van der Waals surface area contributed by atoms with Gasteiger partial charge in [-0.15, -0.1) is 17.5 Å². The van der Waals surface area contributed by atoms with Crippen LogP contribution in [0.1, 0.15) is 10.6 Å². The molecule has 50 valence electrons. The summed E-state index contributed by atoms with van der Waals surface area (Å²) in [6.45, 7) is 0. The van der Waals surface area contributed by atoms with Crippen molar-refractivity contribution < 1.29 is 14.4 Å². The van der Waals surface area contributed by atoms with E-state index in [-0.39, 0.29) is 18.2 Å². The van der Waals surface area contributed by atoms with E-state index >= 15 is 0 Å². The molecule has 0 bridgehead atoms. The van der Waals surface area contributed by atoms with Gasteiger partial charge in [0.15, 0.2) is 0 Å². The molecule has 6 heteroatoms. The highest BCUT2D eigenvalue weighted by atomic mass is 35.5. The van der Waals surface area contributed by atoms with Crippen molar-refractivity contribution in [2.24, 2.45) is 0 Å². The molecule has 0 radical (unpaired) electrons. The van der Waals surface area contributed by atoms with E-state index < -0.39 is 5.97 Å². The molecule has 1 heterocycles. The Kier molecular flexibility index (Phi) is 2.66. The van der Waals surface area contributed by atoms with Crippen LogP contribution in [0.15, 0.2) is 10.7 Å². The Bertz CT molecular complexity index is 185. The molecule has 0 aliphatic rings. The van der Waals surface area contributed by atoms with Crippen LogP contribution in [0.3, 0.4) is 0 Å². The normalized spacial score (nSPS) is 8.00. The lowest BCUT2D eigenvalue weighted by atomic mass is 10.5. The summed E-state index contributed by atoms with van der Waals surface area (Å²) in [5, 5.41) is 14.2. The minimum Gasteiger partial charge on any atom is -0.475 e. The number of carboxylic acids is 1. The van der Waals surface area contributed by atoms with Gasteiger partial charge < -0.3 is 9.63 Å². The van der Waals surface area contributed by atoms with Crippen molar-refractivity contribution in [1.29, 1.82) is 0 Å². The van der Waals surface area contributed by atoms with Crippen LogP contribution < -0.4 is 0 Å². The largest absolute Gasteiger partial charge is 0.475 e. The van der Waals surface area contributed by atoms with E-state index in [0.717, 1.165) is 6.20 Å². The number of halogens is 1. The van der Waals surface area contributed by atoms with Crippen LogP contribution in [-0.2, 0) is 0 Å². The van der Waals surface area contributed by atoms with Gasteiger partial charge in [0.1, 0.15) is 6.20 Å². The molecule has 0 saturated heterocycles. The van der Waals surface area contributed by atoms with Crippen LogP contribution >= 0.6 is 12.4 Å². The van der Waals surface area contributed by atoms with Crippen LogP contribution in [0.5, 0.6) is 0 Å². The molecule has 1 N–H and O–H groups in total. The molecule has 9 heavy (non-hydrogen) atoms. The molecule has 0 saturated carbocycles. The van der Waals surface area contributed by atoms with E-state index in [0.29, 0.717) is 0 Å². The van der Waals surface area contributed by atoms with Gasteiger partial charge in [0.05, 0.1) is 0 Å². The van der Waals surface area contributed by atoms with Gasteiger partial charge in [-0.1, -0.05) is 0 Å². The zero-order chi connectivity index (χ0) is 5.98. The maximum atomic E-state index is 9.89. The monoisotopic (exact) mass is 150 g/mol. The van der Waals surface area contributed by atoms with E-state index in [1.165, 1.54) is 0 Å². The molecular formula is C3H3ClN2O3. The second-order valence-corrected chi connectivity index (χ2v) is 1.09. The van der Waals surface area contributed by atoms with Gasteiger partial charge in [0.25, 0.3) is 5.76 Å². The van der Waals surface area contributed by atoms with Gasteiger partial charge in [0.2, 0.25) is 0 Å². The van der Waals surface area contributed by atoms with Crippen molar-refractivity contribution in [2.45, 2.75) is 0 Å². The van der Waals surface area contributed by atoms with Gasteiger partial charge in [-0.05, 0) is 0 Å². The molecule has 5 nitrogen and oxygen atoms in total. The first-order valence-electron chi connectivity index (χ1n) is 1.81. The number of hydrogen-bond donors (Lipinski definition) is 1. The summed E-state index contributed by atoms with van der Waals surface area (Å²) in [6.07, 6.45) is 1.03. The maximum Gasteiger partial charge on any atom is 0.376 e. The Morgan fingerprint density at radius 2 is 2.44 bits per heavy atom. The van der Waals surface area contributed by atoms with Crippen molar-refractivity contribution in [1.82, 2.24) is 10.4 Å². The molecular weight excluding hydrogens is 147 g/mol. The van der Waals surface area contributed by atoms with Crippen molar-refractivity contribution >= 4 is 18.4 Å². The average Bonchev–Trinajstić information content (AvgIpc) is 2.12. The first-order valence-corrected chi connectivity index (χ1v) is 1.81. The SMILES string of the molecule is Cl.O=C(O)c1cnno1. The Labute approximate surface area is 56.1 Å². The fourth-order valence-corrected chi connectivity index (χ4v) is 0.261. The van der Waals surface area contributed by atoms with Crippen LogP contribution in [0.25, 0.3) is 0 Å². The molecule has 0 aliphatic carbocycles. The lowest BCUT2D eigenvalue weighted by Crippen LogP contribution is -1.91. The molecule has 0 aromatic carbocycles. The number of rotatable bonds is 1. The third kappa shape index (κ3) is 1.69. The third-order valence-corrected chi connectivity index (χ3v) is 0.572. The van der Waals surface area contributed by atoms with Crippen molar-refractivity contribution in [3.63, 3.8) is 0 Å². The Balaban J connectivity index is 0.000000640. The van der Waals surface area contributed by atoms with Crippen molar-refractivity contribution in [3.8, 4) is 0 Å². The van der Waals surface area contributed by atoms with Gasteiger partial charge in [0, 0.05) is 5.27 Å². The van der Waals surface area contributed by atoms with E-state index in [9.17, 15) is 4.79 Å². The number of nitrogens with zero attached hydrogens (tertiary/aromatic N) is 2. The lowest BCUT2D eigenvalue weighted by Gasteiger charge is -1.74. The average molecular weight is 151 g/mol. The molecule has 0 unspecified atom stereocenters. The number of aromatic nitrogens is 2. The summed E-state index contributed by atoms with van der Waals surface area (Å²) in [6, 6.07) is 0. The summed E-state index contributed by atoms with van der Waals surface area (Å²) >= 11 is 0. The van der Waals surface area contributed by atoms with E-state index in [1.807, 2.05) is 0 Å². The van der Waals surface area contributed by atoms with Crippen LogP contribution in [0, 0.1) is 0 Å². The number of carbonyl (C=O) groups is 1. The Hall–Kier alpha value is -1.10. The summed E-state index contributed by atoms with van der Waals surface area (Å²) in [5.74, 6) is -1.40. The predicted octanol–water partition coefficient (Wildman–Crippen LogP) is 0.190. The fraction of sp³-hybridized carbons (Fsp3) is 0. The lowest BCUT2D eigenvalue weighted by molar-refractivity contribution is 0.0651. The first-order chi connectivity index (χ1) is 3.80. The second-order valence-electron chi connectivity index (χ2n) is 1.09. The highest BCUT2D eigenvalue weighted by Gasteiger charge is 2.05. The number of carboxylic acid groups (broad SMARTS) is 1. The second kappa shape index (κ2) is 3.03. The predicted molar refractivity (Wildman–Crippen MR) is 28.5 cm³/mol. The van der Waals surface area contributed by atoms with Gasteiger partial charge in [-0.3, -0.25) is 0 Å². The zero-order valence-electron chi connectivity index (χ0n) is 4.14. The first kappa shape index (κ1) is 7.90. The van der Waals surface area contributed by atoms with Crippen LogP contribution in [0.4, 0.5) is 0 Å². The molecule has 0 atom stereocenters. The van der Waals surface area contributed by atoms with E-state index in [1.54, 1.807) is 0 Å². The van der Waals surface area contributed by atoms with Gasteiger partial charge in [-0.2, -0.15) is 0 Å². The number of hydrogen-bond acceptors (Lipinski definition) is 4. The summed E-state index contributed by atoms with van der Waals surface area (Å²) < 4.78 is 4.13. The molecule has 0 amide bonds.